The molecule has 1 aromatic heterocycles. The topological polar surface area (TPSA) is 22.1 Å². The van der Waals surface area contributed by atoms with E-state index in [0.29, 0.717) is 0 Å². The second-order valence-electron chi connectivity index (χ2n) is 1.85. The first-order chi connectivity index (χ1) is 5.49. The summed E-state index contributed by atoms with van der Waals surface area (Å²) in [5.41, 5.74) is 0. The molecule has 0 amide bonds. The van der Waals surface area contributed by atoms with Crippen LogP contribution < -0.4 is 4.74 Å². The molecular weight excluding hydrogens is 195 g/mol. The SMILES string of the molecule is FC(F)(F)Oc1ccncc1Cl. The zero-order valence-corrected chi connectivity index (χ0v) is 6.36. The van der Waals surface area contributed by atoms with E-state index in [9.17, 15) is 13.2 Å². The van der Waals surface area contributed by atoms with Gasteiger partial charge in [-0.25, -0.2) is 0 Å². The van der Waals surface area contributed by atoms with Crippen LogP contribution in [0.2, 0.25) is 5.02 Å². The number of nitrogens with zero attached hydrogens (tertiary/aromatic N) is 1. The Morgan fingerprint density at radius 1 is 1.42 bits per heavy atom. The molecule has 1 rings (SSSR count). The van der Waals surface area contributed by atoms with Crippen LogP contribution in [0.1, 0.15) is 0 Å². The smallest absolute Gasteiger partial charge is 0.404 e. The first-order valence-corrected chi connectivity index (χ1v) is 3.22. The Kier molecular flexibility index (Phi) is 2.42. The first kappa shape index (κ1) is 9.12. The number of pyridine rings is 1. The van der Waals surface area contributed by atoms with Gasteiger partial charge in [-0.1, -0.05) is 11.6 Å². The van der Waals surface area contributed by atoms with Gasteiger partial charge in [0.25, 0.3) is 0 Å². The Bertz CT molecular complexity index is 276. The normalized spacial score (nSPS) is 11.3. The molecule has 0 aliphatic carbocycles. The van der Waals surface area contributed by atoms with Crippen molar-refractivity contribution in [3.8, 4) is 5.75 Å². The van der Waals surface area contributed by atoms with E-state index >= 15 is 0 Å². The summed E-state index contributed by atoms with van der Waals surface area (Å²) in [4.78, 5) is 3.50. The molecule has 0 N–H and O–H groups in total. The molecule has 66 valence electrons. The standard InChI is InChI=1S/C6H3ClF3NO/c7-4-3-11-2-1-5(4)12-6(8,9)10/h1-3H. The van der Waals surface area contributed by atoms with E-state index in [4.69, 9.17) is 11.6 Å². The highest BCUT2D eigenvalue weighted by Gasteiger charge is 2.31. The van der Waals surface area contributed by atoms with E-state index in [-0.39, 0.29) is 5.02 Å². The van der Waals surface area contributed by atoms with Gasteiger partial charge in [0.2, 0.25) is 0 Å². The van der Waals surface area contributed by atoms with Gasteiger partial charge in [0.1, 0.15) is 5.02 Å². The Morgan fingerprint density at radius 2 is 2.08 bits per heavy atom. The second kappa shape index (κ2) is 3.18. The number of hydrogen-bond acceptors (Lipinski definition) is 2. The molecular formula is C6H3ClF3NO. The molecule has 0 saturated carbocycles. The molecule has 0 radical (unpaired) electrons. The predicted octanol–water partition coefficient (Wildman–Crippen LogP) is 2.63. The molecule has 1 heterocycles. The summed E-state index contributed by atoms with van der Waals surface area (Å²) in [7, 11) is 0. The molecule has 0 atom stereocenters. The fraction of sp³-hybridized carbons (Fsp3) is 0.167. The molecule has 0 fully saturated rings. The number of rotatable bonds is 1. The fourth-order valence-electron chi connectivity index (χ4n) is 0.570. The fourth-order valence-corrected chi connectivity index (χ4v) is 0.728. The van der Waals surface area contributed by atoms with Crippen LogP contribution in [-0.2, 0) is 0 Å². The average molecular weight is 198 g/mol. The maximum Gasteiger partial charge on any atom is 0.573 e. The molecule has 0 spiro atoms. The number of alkyl halides is 3. The Balaban J connectivity index is 2.83. The van der Waals surface area contributed by atoms with Gasteiger partial charge in [0.05, 0.1) is 0 Å². The lowest BCUT2D eigenvalue weighted by Gasteiger charge is -2.08. The second-order valence-corrected chi connectivity index (χ2v) is 2.26. The van der Waals surface area contributed by atoms with Gasteiger partial charge in [0.15, 0.2) is 5.75 Å². The molecule has 12 heavy (non-hydrogen) atoms. The van der Waals surface area contributed by atoms with Gasteiger partial charge in [0, 0.05) is 18.5 Å². The molecule has 0 bridgehead atoms. The summed E-state index contributed by atoms with van der Waals surface area (Å²) in [6.07, 6.45) is -2.49. The predicted molar refractivity (Wildman–Crippen MR) is 35.9 cm³/mol. The van der Waals surface area contributed by atoms with E-state index in [0.717, 1.165) is 18.5 Å². The van der Waals surface area contributed by atoms with E-state index in [1.54, 1.807) is 0 Å². The van der Waals surface area contributed by atoms with Crippen molar-refractivity contribution in [2.75, 3.05) is 0 Å². The third kappa shape index (κ3) is 2.58. The maximum atomic E-state index is 11.6. The van der Waals surface area contributed by atoms with Crippen LogP contribution in [0.15, 0.2) is 18.5 Å². The minimum atomic E-state index is -4.72. The zero-order chi connectivity index (χ0) is 9.19. The third-order valence-corrected chi connectivity index (χ3v) is 1.24. The van der Waals surface area contributed by atoms with Crippen LogP contribution in [0, 0.1) is 0 Å². The molecule has 6 heteroatoms. The van der Waals surface area contributed by atoms with Crippen LogP contribution in [0.3, 0.4) is 0 Å². The van der Waals surface area contributed by atoms with Gasteiger partial charge < -0.3 is 4.74 Å². The number of ether oxygens (including phenoxy) is 1. The summed E-state index contributed by atoms with van der Waals surface area (Å²) in [6, 6.07) is 1.04. The lowest BCUT2D eigenvalue weighted by Crippen LogP contribution is -2.17. The quantitative estimate of drug-likeness (QED) is 0.691. The molecule has 0 saturated heterocycles. The zero-order valence-electron chi connectivity index (χ0n) is 5.60. The Hall–Kier alpha value is -0.970. The Morgan fingerprint density at radius 3 is 2.58 bits per heavy atom. The molecule has 2 nitrogen and oxygen atoms in total. The van der Waals surface area contributed by atoms with Crippen molar-refractivity contribution in [3.63, 3.8) is 0 Å². The van der Waals surface area contributed by atoms with Crippen molar-refractivity contribution in [3.05, 3.63) is 23.5 Å². The highest BCUT2D eigenvalue weighted by Crippen LogP contribution is 2.28. The average Bonchev–Trinajstić information content (AvgIpc) is 1.91. The monoisotopic (exact) mass is 197 g/mol. The van der Waals surface area contributed by atoms with Crippen LogP contribution >= 0.6 is 11.6 Å². The summed E-state index contributed by atoms with van der Waals surface area (Å²) >= 11 is 5.34. The molecule has 0 unspecified atom stereocenters. The number of halogens is 4. The van der Waals surface area contributed by atoms with Gasteiger partial charge in [-0.15, -0.1) is 13.2 Å². The highest BCUT2D eigenvalue weighted by molar-refractivity contribution is 6.31. The number of aromatic nitrogens is 1. The minimum absolute atomic E-state index is 0.171. The van der Waals surface area contributed by atoms with Crippen molar-refractivity contribution in [1.82, 2.24) is 4.98 Å². The molecule has 0 aromatic carbocycles. The maximum absolute atomic E-state index is 11.6. The van der Waals surface area contributed by atoms with Gasteiger partial charge >= 0.3 is 6.36 Å². The summed E-state index contributed by atoms with van der Waals surface area (Å²) < 4.78 is 38.4. The van der Waals surface area contributed by atoms with Crippen LogP contribution in [0.4, 0.5) is 13.2 Å². The van der Waals surface area contributed by atoms with Crippen molar-refractivity contribution >= 4 is 11.6 Å². The van der Waals surface area contributed by atoms with Crippen LogP contribution in [0.25, 0.3) is 0 Å². The van der Waals surface area contributed by atoms with E-state index in [1.807, 2.05) is 0 Å². The third-order valence-electron chi connectivity index (χ3n) is 0.961. The van der Waals surface area contributed by atoms with E-state index < -0.39 is 12.1 Å². The van der Waals surface area contributed by atoms with E-state index in [2.05, 4.69) is 9.72 Å². The summed E-state index contributed by atoms with van der Waals surface area (Å²) in [6.45, 7) is 0. The Labute approximate surface area is 70.9 Å². The van der Waals surface area contributed by atoms with Crippen molar-refractivity contribution in [2.24, 2.45) is 0 Å². The molecule has 0 aliphatic rings. The first-order valence-electron chi connectivity index (χ1n) is 2.84. The lowest BCUT2D eigenvalue weighted by molar-refractivity contribution is -0.274. The molecule has 0 aliphatic heterocycles. The van der Waals surface area contributed by atoms with Gasteiger partial charge in [-0.05, 0) is 0 Å². The lowest BCUT2D eigenvalue weighted by atomic mass is 10.4. The van der Waals surface area contributed by atoms with Crippen molar-refractivity contribution < 1.29 is 17.9 Å². The minimum Gasteiger partial charge on any atom is -0.404 e. The van der Waals surface area contributed by atoms with Crippen molar-refractivity contribution in [1.29, 1.82) is 0 Å². The van der Waals surface area contributed by atoms with Gasteiger partial charge in [-0.2, -0.15) is 0 Å². The highest BCUT2D eigenvalue weighted by atomic mass is 35.5. The molecule has 1 aromatic rings. The van der Waals surface area contributed by atoms with Gasteiger partial charge in [-0.3, -0.25) is 4.98 Å². The number of hydrogen-bond donors (Lipinski definition) is 0. The summed E-state index contributed by atoms with van der Waals surface area (Å²) in [5, 5.41) is -0.171. The van der Waals surface area contributed by atoms with Crippen molar-refractivity contribution in [2.45, 2.75) is 6.36 Å². The largest absolute Gasteiger partial charge is 0.573 e. The van der Waals surface area contributed by atoms with Crippen LogP contribution in [-0.4, -0.2) is 11.3 Å². The van der Waals surface area contributed by atoms with E-state index in [1.165, 1.54) is 0 Å². The van der Waals surface area contributed by atoms with Crippen LogP contribution in [0.5, 0.6) is 5.75 Å². The summed E-state index contributed by atoms with van der Waals surface area (Å²) in [5.74, 6) is -0.445.